The van der Waals surface area contributed by atoms with Gasteiger partial charge in [0.05, 0.1) is 12.1 Å². The molecule has 1 saturated heterocycles. The Hall–Kier alpha value is -1.20. The standard InChI is InChI=1S/C16H18BrClN2O6/c1-9(22)19-12-13(23)26-14(17,8-21)16(18,25)15(12,24)20-7-6-10-4-2-3-5-11(10)20/h2-7,12-13,21,23-25H,8H2,1H3,(H,19,22)/p-1/t12-,13+,14+,15+,16+/m0/s1. The summed E-state index contributed by atoms with van der Waals surface area (Å²) >= 11 is 9.25. The summed E-state index contributed by atoms with van der Waals surface area (Å²) in [6.07, 6.45) is -0.417. The lowest BCUT2D eigenvalue weighted by molar-refractivity contribution is -0.333. The zero-order valence-electron chi connectivity index (χ0n) is 13.6. The third-order valence-electron chi connectivity index (χ3n) is 4.46. The molecule has 8 nitrogen and oxygen atoms in total. The van der Waals surface area contributed by atoms with Gasteiger partial charge in [0.25, 0.3) is 0 Å². The molecule has 1 aromatic carbocycles. The number of aliphatic hydroxyl groups excluding tert-OH is 2. The van der Waals surface area contributed by atoms with E-state index in [4.69, 9.17) is 16.3 Å². The minimum absolute atomic E-state index is 0.458. The highest BCUT2D eigenvalue weighted by atomic mass is 79.9. The lowest BCUT2D eigenvalue weighted by Gasteiger charge is -2.55. The number of aliphatic imine (C=N–C) groups is 1. The highest BCUT2D eigenvalue weighted by Crippen LogP contribution is 2.53. The summed E-state index contributed by atoms with van der Waals surface area (Å²) in [5.41, 5.74) is -2.09. The molecular formula is C16H17BrClN2O6-. The Kier molecular flexibility index (Phi) is 4.85. The largest absolute Gasteiger partial charge is 0.862 e. The van der Waals surface area contributed by atoms with Crippen LogP contribution in [0.2, 0.25) is 0 Å². The van der Waals surface area contributed by atoms with E-state index in [1.165, 1.54) is 10.8 Å². The molecule has 142 valence electrons. The molecule has 0 unspecified atom stereocenters. The van der Waals surface area contributed by atoms with Crippen LogP contribution in [0.25, 0.3) is 10.9 Å². The summed E-state index contributed by atoms with van der Waals surface area (Å²) < 4.78 is 4.24. The molecule has 0 aliphatic carbocycles. The van der Waals surface area contributed by atoms with E-state index in [0.29, 0.717) is 10.9 Å². The van der Waals surface area contributed by atoms with Crippen molar-refractivity contribution < 1.29 is 30.3 Å². The third-order valence-corrected chi connectivity index (χ3v) is 6.29. The zero-order chi connectivity index (χ0) is 19.3. The summed E-state index contributed by atoms with van der Waals surface area (Å²) in [5, 5.41) is 52.2. The summed E-state index contributed by atoms with van der Waals surface area (Å²) in [6.45, 7) is 0.231. The van der Waals surface area contributed by atoms with Crippen molar-refractivity contribution in [1.29, 1.82) is 0 Å². The molecule has 1 aliphatic rings. The van der Waals surface area contributed by atoms with E-state index in [-0.39, 0.29) is 0 Å². The molecule has 4 N–H and O–H groups in total. The second kappa shape index (κ2) is 6.45. The van der Waals surface area contributed by atoms with Crippen LogP contribution < -0.4 is 5.11 Å². The van der Waals surface area contributed by atoms with Crippen molar-refractivity contribution in [2.24, 2.45) is 4.99 Å². The molecule has 2 heterocycles. The Bertz CT molecular complexity index is 854. The van der Waals surface area contributed by atoms with Gasteiger partial charge in [0.1, 0.15) is 0 Å². The Morgan fingerprint density at radius 3 is 2.65 bits per heavy atom. The molecule has 0 spiro atoms. The second-order valence-electron chi connectivity index (χ2n) is 6.08. The molecule has 1 aliphatic heterocycles. The molecule has 1 fully saturated rings. The molecule has 0 bridgehead atoms. The van der Waals surface area contributed by atoms with E-state index < -0.39 is 40.1 Å². The number of ether oxygens (including phenoxy) is 1. The lowest BCUT2D eigenvalue weighted by atomic mass is 9.88. The Balaban J connectivity index is 2.33. The van der Waals surface area contributed by atoms with Gasteiger partial charge in [-0.05, 0) is 46.3 Å². The van der Waals surface area contributed by atoms with Crippen LogP contribution in [-0.4, -0.2) is 59.4 Å². The maximum atomic E-state index is 11.6. The first-order chi connectivity index (χ1) is 12.1. The fourth-order valence-electron chi connectivity index (χ4n) is 3.18. The van der Waals surface area contributed by atoms with Crippen molar-refractivity contribution in [2.75, 3.05) is 6.61 Å². The first-order valence-electron chi connectivity index (χ1n) is 7.66. The molecule has 0 saturated carbocycles. The maximum absolute atomic E-state index is 11.6. The van der Waals surface area contributed by atoms with Gasteiger partial charge >= 0.3 is 0 Å². The molecule has 1 aromatic heterocycles. The van der Waals surface area contributed by atoms with E-state index in [2.05, 4.69) is 20.9 Å². The minimum atomic E-state index is -2.72. The number of halogens is 2. The molecule has 26 heavy (non-hydrogen) atoms. The number of para-hydroxylation sites is 1. The van der Waals surface area contributed by atoms with Crippen LogP contribution in [0.15, 0.2) is 41.5 Å². The summed E-state index contributed by atoms with van der Waals surface area (Å²) in [4.78, 5) is 3.70. The number of nitrogens with zero attached hydrogens (tertiary/aromatic N) is 2. The van der Waals surface area contributed by atoms with Gasteiger partial charge in [-0.1, -0.05) is 29.8 Å². The predicted octanol–water partition coefficient (Wildman–Crippen LogP) is -0.207. The Labute approximate surface area is 162 Å². The zero-order valence-corrected chi connectivity index (χ0v) is 15.9. The molecule has 0 amide bonds. The van der Waals surface area contributed by atoms with Gasteiger partial charge in [0, 0.05) is 6.20 Å². The average Bonchev–Trinajstić information content (AvgIpc) is 3.01. The van der Waals surface area contributed by atoms with Gasteiger partial charge in [0.15, 0.2) is 16.8 Å². The number of aliphatic hydroxyl groups is 4. The number of aromatic nitrogens is 1. The van der Waals surface area contributed by atoms with Crippen molar-refractivity contribution in [3.63, 3.8) is 0 Å². The van der Waals surface area contributed by atoms with Crippen molar-refractivity contribution >= 4 is 44.3 Å². The smallest absolute Gasteiger partial charge is 0.231 e. The summed E-state index contributed by atoms with van der Waals surface area (Å²) in [5.74, 6) is -0.717. The van der Waals surface area contributed by atoms with Gasteiger partial charge in [-0.15, -0.1) is 0 Å². The fraction of sp³-hybridized carbons (Fsp3) is 0.438. The van der Waals surface area contributed by atoms with Crippen molar-refractivity contribution in [2.45, 2.75) is 34.6 Å². The molecule has 5 atom stereocenters. The van der Waals surface area contributed by atoms with E-state index in [1.54, 1.807) is 30.3 Å². The third kappa shape index (κ3) is 2.58. The number of fused-ring (bicyclic) bond motifs is 1. The summed E-state index contributed by atoms with van der Waals surface area (Å²) in [7, 11) is 0. The molecule has 2 aromatic rings. The lowest BCUT2D eigenvalue weighted by Crippen LogP contribution is -2.75. The minimum Gasteiger partial charge on any atom is -0.862 e. The highest BCUT2D eigenvalue weighted by molar-refractivity contribution is 9.10. The first kappa shape index (κ1) is 19.6. The topological polar surface area (TPSA) is 131 Å². The Morgan fingerprint density at radius 2 is 2.04 bits per heavy atom. The van der Waals surface area contributed by atoms with Gasteiger partial charge < -0.3 is 34.8 Å². The first-order valence-corrected chi connectivity index (χ1v) is 8.83. The van der Waals surface area contributed by atoms with E-state index >= 15 is 0 Å². The predicted molar refractivity (Wildman–Crippen MR) is 95.7 cm³/mol. The van der Waals surface area contributed by atoms with Crippen LogP contribution in [0.5, 0.6) is 0 Å². The SMILES string of the molecule is CC([O-])=N[C@H]1[C@H](O)O[C@](Br)(CO)[C@](O)(Cl)[C@@]1(O)n1ccc2ccccc21. The number of rotatable bonds is 3. The molecule has 0 radical (unpaired) electrons. The van der Waals surface area contributed by atoms with Crippen LogP contribution in [0, 0.1) is 0 Å². The van der Waals surface area contributed by atoms with E-state index in [9.17, 15) is 25.5 Å². The second-order valence-corrected chi connectivity index (χ2v) is 7.91. The monoisotopic (exact) mass is 447 g/mol. The molecular weight excluding hydrogens is 432 g/mol. The maximum Gasteiger partial charge on any atom is 0.231 e. The highest BCUT2D eigenvalue weighted by Gasteiger charge is 2.72. The van der Waals surface area contributed by atoms with Crippen LogP contribution in [0.1, 0.15) is 6.92 Å². The quantitative estimate of drug-likeness (QED) is 0.292. The van der Waals surface area contributed by atoms with E-state index in [0.717, 1.165) is 6.92 Å². The van der Waals surface area contributed by atoms with Crippen LogP contribution in [0.3, 0.4) is 0 Å². The van der Waals surface area contributed by atoms with Crippen LogP contribution in [0.4, 0.5) is 0 Å². The average molecular weight is 449 g/mol. The summed E-state index contributed by atoms with van der Waals surface area (Å²) in [6, 6.07) is 6.89. The number of hydrogen-bond acceptors (Lipinski definition) is 7. The number of hydrogen-bond donors (Lipinski definition) is 4. The van der Waals surface area contributed by atoms with Gasteiger partial charge in [-0.3, -0.25) is 4.99 Å². The van der Waals surface area contributed by atoms with Crippen molar-refractivity contribution in [1.82, 2.24) is 4.57 Å². The van der Waals surface area contributed by atoms with Crippen molar-refractivity contribution in [3.05, 3.63) is 36.5 Å². The van der Waals surface area contributed by atoms with Gasteiger partial charge in [0.2, 0.25) is 10.8 Å². The molecule has 10 heteroatoms. The van der Waals surface area contributed by atoms with Crippen molar-refractivity contribution in [3.8, 4) is 0 Å². The van der Waals surface area contributed by atoms with Crippen LogP contribution in [-0.2, 0) is 10.5 Å². The van der Waals surface area contributed by atoms with Gasteiger partial charge in [-0.2, -0.15) is 0 Å². The van der Waals surface area contributed by atoms with Crippen LogP contribution >= 0.6 is 27.5 Å². The molecule has 3 rings (SSSR count). The fourth-order valence-corrected chi connectivity index (χ4v) is 3.97. The van der Waals surface area contributed by atoms with E-state index in [1.807, 2.05) is 0 Å². The number of alkyl halides is 2. The van der Waals surface area contributed by atoms with Gasteiger partial charge in [-0.25, -0.2) is 0 Å². The Morgan fingerprint density at radius 1 is 1.38 bits per heavy atom. The normalized spacial score (nSPS) is 38.7. The number of benzene rings is 1.